The van der Waals surface area contributed by atoms with Crippen LogP contribution in [0.4, 0.5) is 0 Å². The number of esters is 1. The Bertz CT molecular complexity index is 1260. The Hall–Kier alpha value is -3.35. The van der Waals surface area contributed by atoms with Crippen LogP contribution < -0.4 is 14.2 Å². The quantitative estimate of drug-likeness (QED) is 0.303. The smallest absolute Gasteiger partial charge is 0.316 e. The Labute approximate surface area is 231 Å². The molecule has 1 fully saturated rings. The van der Waals surface area contributed by atoms with Gasteiger partial charge in [0.2, 0.25) is 0 Å². The van der Waals surface area contributed by atoms with Crippen molar-refractivity contribution in [2.75, 3.05) is 32.8 Å². The number of benzene rings is 3. The zero-order chi connectivity index (χ0) is 27.5. The second-order valence-electron chi connectivity index (χ2n) is 11.6. The number of fused-ring (bicyclic) bond motifs is 1. The molecule has 0 radical (unpaired) electrons. The molecule has 1 N–H and O–H groups in total. The summed E-state index contributed by atoms with van der Waals surface area (Å²) >= 11 is 0. The normalized spacial score (nSPS) is 21.5. The van der Waals surface area contributed by atoms with Crippen LogP contribution in [-0.4, -0.2) is 48.8 Å². The molecule has 6 nitrogen and oxygen atoms in total. The van der Waals surface area contributed by atoms with Crippen LogP contribution in [0.25, 0.3) is 0 Å². The second kappa shape index (κ2) is 11.4. The lowest BCUT2D eigenvalue weighted by molar-refractivity contribution is -0.143. The van der Waals surface area contributed by atoms with Crippen molar-refractivity contribution < 1.29 is 24.1 Å². The Morgan fingerprint density at radius 2 is 1.67 bits per heavy atom. The molecule has 0 spiro atoms. The Morgan fingerprint density at radius 1 is 0.974 bits per heavy atom. The van der Waals surface area contributed by atoms with E-state index in [1.54, 1.807) is 18.2 Å². The number of ether oxygens (including phenoxy) is 3. The highest BCUT2D eigenvalue weighted by Gasteiger charge is 2.46. The number of hydrogen-bond donors (Lipinski definition) is 1. The third-order valence-corrected chi connectivity index (χ3v) is 7.72. The number of likely N-dealkylation sites (tertiary alicyclic amines) is 1. The highest BCUT2D eigenvalue weighted by atomic mass is 16.5. The fourth-order valence-corrected chi connectivity index (χ4v) is 5.40. The van der Waals surface area contributed by atoms with E-state index in [0.717, 1.165) is 36.5 Å². The van der Waals surface area contributed by atoms with E-state index in [4.69, 9.17) is 14.2 Å². The van der Waals surface area contributed by atoms with E-state index in [2.05, 4.69) is 4.90 Å². The van der Waals surface area contributed by atoms with Gasteiger partial charge in [-0.3, -0.25) is 9.69 Å². The van der Waals surface area contributed by atoms with Gasteiger partial charge >= 0.3 is 5.97 Å². The summed E-state index contributed by atoms with van der Waals surface area (Å²) in [7, 11) is 0. The van der Waals surface area contributed by atoms with Crippen LogP contribution in [0, 0.1) is 5.41 Å². The summed E-state index contributed by atoms with van der Waals surface area (Å²) in [6.07, 6.45) is 3.85. The predicted octanol–water partition coefficient (Wildman–Crippen LogP) is 5.91. The lowest BCUT2D eigenvalue weighted by atomic mass is 9.71. The van der Waals surface area contributed by atoms with Crippen molar-refractivity contribution in [3.05, 3.63) is 89.5 Å². The molecule has 2 atom stereocenters. The zero-order valence-electron chi connectivity index (χ0n) is 23.2. The lowest BCUT2D eigenvalue weighted by Gasteiger charge is -2.42. The number of hydrogen-bond acceptors (Lipinski definition) is 6. The summed E-state index contributed by atoms with van der Waals surface area (Å²) in [6, 6.07) is 22.9. The van der Waals surface area contributed by atoms with Crippen LogP contribution in [-0.2, 0) is 10.4 Å². The molecule has 5 rings (SSSR count). The molecule has 0 saturated carbocycles. The number of piperidine rings is 1. The van der Waals surface area contributed by atoms with Crippen LogP contribution >= 0.6 is 0 Å². The molecule has 2 unspecified atom stereocenters. The molecule has 1 saturated heterocycles. The molecule has 39 heavy (non-hydrogen) atoms. The number of carbonyl (C=O) groups excluding carboxylic acids is 1. The third-order valence-electron chi connectivity index (χ3n) is 7.72. The lowest BCUT2D eigenvalue weighted by Crippen LogP contribution is -2.41. The molecule has 206 valence electrons. The van der Waals surface area contributed by atoms with E-state index in [0.29, 0.717) is 23.7 Å². The Morgan fingerprint density at radius 3 is 2.36 bits per heavy atom. The van der Waals surface area contributed by atoms with Gasteiger partial charge in [-0.05, 0) is 82.1 Å². The van der Waals surface area contributed by atoms with Gasteiger partial charge in [0.1, 0.15) is 29.5 Å². The summed E-state index contributed by atoms with van der Waals surface area (Å²) in [5.41, 5.74) is 0.387. The molecule has 0 aliphatic carbocycles. The minimum Gasteiger partial charge on any atom is -0.492 e. The van der Waals surface area contributed by atoms with Crippen molar-refractivity contribution in [1.29, 1.82) is 0 Å². The summed E-state index contributed by atoms with van der Waals surface area (Å²) in [6.45, 7) is 9.58. The van der Waals surface area contributed by atoms with Gasteiger partial charge in [0.25, 0.3) is 0 Å². The fraction of sp³-hybridized carbons (Fsp3) is 0.424. The highest BCUT2D eigenvalue weighted by Crippen LogP contribution is 2.50. The van der Waals surface area contributed by atoms with Crippen LogP contribution in [0.3, 0.4) is 0 Å². The van der Waals surface area contributed by atoms with E-state index in [-0.39, 0.29) is 18.5 Å². The minimum absolute atomic E-state index is 0.276. The molecule has 0 bridgehead atoms. The molecular formula is C33H39NO5. The van der Waals surface area contributed by atoms with Crippen LogP contribution in [0.1, 0.15) is 62.6 Å². The summed E-state index contributed by atoms with van der Waals surface area (Å²) < 4.78 is 17.8. The van der Waals surface area contributed by atoms with Gasteiger partial charge in [-0.1, -0.05) is 48.9 Å². The van der Waals surface area contributed by atoms with Crippen molar-refractivity contribution in [1.82, 2.24) is 4.90 Å². The molecule has 3 aromatic rings. The Kier molecular flexibility index (Phi) is 7.96. The van der Waals surface area contributed by atoms with Gasteiger partial charge in [-0.2, -0.15) is 0 Å². The Balaban J connectivity index is 1.42. The van der Waals surface area contributed by atoms with Gasteiger partial charge in [-0.25, -0.2) is 0 Å². The molecule has 2 aliphatic heterocycles. The molecule has 3 aromatic carbocycles. The third kappa shape index (κ3) is 5.97. The van der Waals surface area contributed by atoms with Gasteiger partial charge in [-0.15, -0.1) is 0 Å². The van der Waals surface area contributed by atoms with Crippen molar-refractivity contribution in [3.8, 4) is 17.2 Å². The summed E-state index contributed by atoms with van der Waals surface area (Å²) in [4.78, 5) is 14.9. The molecule has 2 heterocycles. The maximum absolute atomic E-state index is 12.5. The first-order chi connectivity index (χ1) is 18.7. The molecule has 2 aliphatic rings. The maximum atomic E-state index is 12.5. The first-order valence-corrected chi connectivity index (χ1v) is 14.0. The van der Waals surface area contributed by atoms with Gasteiger partial charge < -0.3 is 19.3 Å². The second-order valence-corrected chi connectivity index (χ2v) is 11.6. The van der Waals surface area contributed by atoms with Crippen molar-refractivity contribution in [2.24, 2.45) is 5.41 Å². The number of nitrogens with zero attached hydrogens (tertiary/aromatic N) is 1. The standard InChI is InChI=1S/C33H39NO5/c1-32(2,3)31(35)39-27-16-17-28-30(22-27)38-23-29(24-10-6-4-7-11-24)33(28,36)25-12-14-26(15-13-25)37-21-20-34-18-8-5-9-19-34/h4,6-7,10-17,22,29,36H,5,8-9,18-21,23H2,1-3H3. The minimum atomic E-state index is -1.35. The number of aliphatic hydroxyl groups is 1. The van der Waals surface area contributed by atoms with Crippen LogP contribution in [0.15, 0.2) is 72.8 Å². The summed E-state index contributed by atoms with van der Waals surface area (Å²) in [5, 5.41) is 12.5. The SMILES string of the molecule is CC(C)(C)C(=O)Oc1ccc2c(c1)OCC(c1ccccc1)C2(O)c1ccc(OCCN2CCCCC2)cc1. The zero-order valence-corrected chi connectivity index (χ0v) is 23.2. The van der Waals surface area contributed by atoms with E-state index < -0.39 is 11.0 Å². The van der Waals surface area contributed by atoms with Crippen molar-refractivity contribution in [2.45, 2.75) is 51.6 Å². The monoisotopic (exact) mass is 529 g/mol. The first-order valence-electron chi connectivity index (χ1n) is 14.0. The topological polar surface area (TPSA) is 68.2 Å². The van der Waals surface area contributed by atoms with Crippen LogP contribution in [0.2, 0.25) is 0 Å². The molecule has 6 heteroatoms. The average molecular weight is 530 g/mol. The van der Waals surface area contributed by atoms with Crippen molar-refractivity contribution >= 4 is 5.97 Å². The van der Waals surface area contributed by atoms with E-state index in [9.17, 15) is 9.90 Å². The van der Waals surface area contributed by atoms with E-state index in [1.807, 2.05) is 75.4 Å². The fourth-order valence-electron chi connectivity index (χ4n) is 5.40. The number of rotatable bonds is 7. The maximum Gasteiger partial charge on any atom is 0.316 e. The molecular weight excluding hydrogens is 490 g/mol. The summed E-state index contributed by atoms with van der Waals surface area (Å²) in [5.74, 6) is 1.02. The van der Waals surface area contributed by atoms with Gasteiger partial charge in [0.15, 0.2) is 0 Å². The van der Waals surface area contributed by atoms with Gasteiger partial charge in [0, 0.05) is 18.2 Å². The van der Waals surface area contributed by atoms with E-state index in [1.165, 1.54) is 19.3 Å². The first kappa shape index (κ1) is 27.2. The average Bonchev–Trinajstić information content (AvgIpc) is 2.94. The number of carbonyl (C=O) groups is 1. The molecule has 0 aromatic heterocycles. The van der Waals surface area contributed by atoms with E-state index >= 15 is 0 Å². The van der Waals surface area contributed by atoms with Crippen LogP contribution in [0.5, 0.6) is 17.2 Å². The molecule has 0 amide bonds. The largest absolute Gasteiger partial charge is 0.492 e. The van der Waals surface area contributed by atoms with Gasteiger partial charge in [0.05, 0.1) is 17.9 Å². The highest BCUT2D eigenvalue weighted by molar-refractivity contribution is 5.78. The van der Waals surface area contributed by atoms with Crippen molar-refractivity contribution in [3.63, 3.8) is 0 Å². The predicted molar refractivity (Wildman–Crippen MR) is 151 cm³/mol.